The van der Waals surface area contributed by atoms with Gasteiger partial charge in [-0.2, -0.15) is 0 Å². The van der Waals surface area contributed by atoms with Crippen molar-refractivity contribution in [1.82, 2.24) is 9.88 Å². The van der Waals surface area contributed by atoms with Gasteiger partial charge in [0.2, 0.25) is 0 Å². The minimum atomic E-state index is 0. The monoisotopic (exact) mass is 238 g/mol. The first kappa shape index (κ1) is 11.9. The van der Waals surface area contributed by atoms with E-state index in [1.165, 1.54) is 44.3 Å². The number of pyridine rings is 1. The molecular formula is C13H19ClN2. The number of hydrogen-bond donors (Lipinski definition) is 0. The molecule has 3 aliphatic rings. The maximum absolute atomic E-state index is 4.25. The standard InChI is InChI=1S/C13H18N2.ClH/c1-2-12(10-14-7-1)13-4-3-11-5-8-15(13)9-6-11;/h1-2,7,10-11,13H,3-6,8-9H2;1H. The molecule has 1 unspecified atom stereocenters. The quantitative estimate of drug-likeness (QED) is 0.748. The fraction of sp³-hybridized carbons (Fsp3) is 0.615. The maximum atomic E-state index is 4.25. The average molecular weight is 239 g/mol. The Kier molecular flexibility index (Phi) is 3.82. The third kappa shape index (κ3) is 2.23. The fourth-order valence-electron chi connectivity index (χ4n) is 3.08. The first-order valence-electron chi connectivity index (χ1n) is 6.07. The molecule has 3 fully saturated rings. The maximum Gasteiger partial charge on any atom is 0.0363 e. The molecule has 3 heteroatoms. The molecule has 16 heavy (non-hydrogen) atoms. The summed E-state index contributed by atoms with van der Waals surface area (Å²) in [4.78, 5) is 6.90. The molecule has 0 amide bonds. The lowest BCUT2D eigenvalue weighted by molar-refractivity contribution is 0.170. The molecule has 0 spiro atoms. The molecule has 88 valence electrons. The summed E-state index contributed by atoms with van der Waals surface area (Å²) in [6.45, 7) is 2.59. The van der Waals surface area contributed by atoms with Gasteiger partial charge in [0.15, 0.2) is 0 Å². The van der Waals surface area contributed by atoms with Gasteiger partial charge in [0.05, 0.1) is 0 Å². The Morgan fingerprint density at radius 3 is 2.62 bits per heavy atom. The predicted octanol–water partition coefficient (Wildman–Crippen LogP) is 3.05. The Balaban J connectivity index is 0.000000963. The molecule has 3 aliphatic heterocycles. The first-order chi connectivity index (χ1) is 7.43. The summed E-state index contributed by atoms with van der Waals surface area (Å²) in [5.74, 6) is 1.00. The summed E-state index contributed by atoms with van der Waals surface area (Å²) >= 11 is 0. The van der Waals surface area contributed by atoms with E-state index < -0.39 is 0 Å². The van der Waals surface area contributed by atoms with Gasteiger partial charge in [-0.05, 0) is 56.3 Å². The largest absolute Gasteiger partial charge is 0.296 e. The average Bonchev–Trinajstić information content (AvgIpc) is 2.63. The highest BCUT2D eigenvalue weighted by molar-refractivity contribution is 5.85. The number of hydrogen-bond acceptors (Lipinski definition) is 2. The van der Waals surface area contributed by atoms with Crippen LogP contribution < -0.4 is 0 Å². The van der Waals surface area contributed by atoms with Crippen molar-refractivity contribution in [2.45, 2.75) is 31.7 Å². The number of piperidine rings is 1. The number of aromatic nitrogens is 1. The van der Waals surface area contributed by atoms with Gasteiger partial charge < -0.3 is 0 Å². The van der Waals surface area contributed by atoms with Gasteiger partial charge in [-0.3, -0.25) is 9.88 Å². The van der Waals surface area contributed by atoms with E-state index in [1.54, 1.807) is 0 Å². The molecule has 0 N–H and O–H groups in total. The third-order valence-corrected chi connectivity index (χ3v) is 4.01. The highest BCUT2D eigenvalue weighted by atomic mass is 35.5. The molecular weight excluding hydrogens is 220 g/mol. The van der Waals surface area contributed by atoms with Gasteiger partial charge in [-0.1, -0.05) is 6.07 Å². The summed E-state index contributed by atoms with van der Waals surface area (Å²) in [7, 11) is 0. The zero-order valence-electron chi connectivity index (χ0n) is 9.51. The molecule has 4 rings (SSSR count). The van der Waals surface area contributed by atoms with Crippen molar-refractivity contribution in [3.63, 3.8) is 0 Å². The van der Waals surface area contributed by atoms with Crippen molar-refractivity contribution in [1.29, 1.82) is 0 Å². The van der Waals surface area contributed by atoms with Gasteiger partial charge in [0.1, 0.15) is 0 Å². The molecule has 1 aromatic rings. The van der Waals surface area contributed by atoms with Gasteiger partial charge in [-0.15, -0.1) is 12.4 Å². The van der Waals surface area contributed by atoms with Crippen molar-refractivity contribution in [2.24, 2.45) is 5.92 Å². The number of nitrogens with zero attached hydrogens (tertiary/aromatic N) is 2. The van der Waals surface area contributed by atoms with Crippen LogP contribution in [-0.2, 0) is 0 Å². The summed E-state index contributed by atoms with van der Waals surface area (Å²) in [6.07, 6.45) is 9.48. The highest BCUT2D eigenvalue weighted by Gasteiger charge is 2.30. The second-order valence-electron chi connectivity index (χ2n) is 4.86. The van der Waals surface area contributed by atoms with E-state index in [9.17, 15) is 0 Å². The summed E-state index contributed by atoms with van der Waals surface area (Å²) in [5.41, 5.74) is 1.42. The van der Waals surface area contributed by atoms with Crippen LogP contribution in [0.15, 0.2) is 24.5 Å². The smallest absolute Gasteiger partial charge is 0.0363 e. The third-order valence-electron chi connectivity index (χ3n) is 4.01. The lowest BCUT2D eigenvalue weighted by atomic mass is 9.95. The lowest BCUT2D eigenvalue weighted by Gasteiger charge is -2.32. The SMILES string of the molecule is Cl.c1cncc(C2CCC3CCN2CC3)c1. The molecule has 4 heterocycles. The zero-order chi connectivity index (χ0) is 10.1. The minimum absolute atomic E-state index is 0. The molecule has 0 radical (unpaired) electrons. The topological polar surface area (TPSA) is 16.1 Å². The fourth-order valence-corrected chi connectivity index (χ4v) is 3.08. The second kappa shape index (κ2) is 5.15. The van der Waals surface area contributed by atoms with Crippen molar-refractivity contribution in [3.8, 4) is 0 Å². The van der Waals surface area contributed by atoms with Crippen LogP contribution in [0.2, 0.25) is 0 Å². The van der Waals surface area contributed by atoms with E-state index in [1.807, 2.05) is 12.4 Å². The van der Waals surface area contributed by atoms with Gasteiger partial charge in [0.25, 0.3) is 0 Å². The molecule has 2 nitrogen and oxygen atoms in total. The first-order valence-corrected chi connectivity index (χ1v) is 6.07. The predicted molar refractivity (Wildman–Crippen MR) is 67.8 cm³/mol. The van der Waals surface area contributed by atoms with Crippen LogP contribution in [-0.4, -0.2) is 23.0 Å². The van der Waals surface area contributed by atoms with Crippen LogP contribution in [0.5, 0.6) is 0 Å². The van der Waals surface area contributed by atoms with Crippen LogP contribution in [0.1, 0.15) is 37.3 Å². The van der Waals surface area contributed by atoms with E-state index in [4.69, 9.17) is 0 Å². The Morgan fingerprint density at radius 1 is 1.12 bits per heavy atom. The number of rotatable bonds is 1. The van der Waals surface area contributed by atoms with E-state index in [-0.39, 0.29) is 12.4 Å². The number of fused-ring (bicyclic) bond motifs is 4. The molecule has 0 saturated carbocycles. The van der Waals surface area contributed by atoms with E-state index in [0.29, 0.717) is 6.04 Å². The highest BCUT2D eigenvalue weighted by Crippen LogP contribution is 2.37. The summed E-state index contributed by atoms with van der Waals surface area (Å²) in [6, 6.07) is 4.94. The number of halogens is 1. The zero-order valence-corrected chi connectivity index (χ0v) is 10.3. The summed E-state index contributed by atoms with van der Waals surface area (Å²) < 4.78 is 0. The van der Waals surface area contributed by atoms with Crippen molar-refractivity contribution in [2.75, 3.05) is 13.1 Å². The van der Waals surface area contributed by atoms with E-state index in [2.05, 4.69) is 22.0 Å². The van der Waals surface area contributed by atoms with Crippen molar-refractivity contribution in [3.05, 3.63) is 30.1 Å². The van der Waals surface area contributed by atoms with E-state index >= 15 is 0 Å². The Labute approximate surface area is 103 Å². The van der Waals surface area contributed by atoms with Gasteiger partial charge in [0, 0.05) is 18.4 Å². The van der Waals surface area contributed by atoms with Crippen LogP contribution in [0.4, 0.5) is 0 Å². The molecule has 0 aliphatic carbocycles. The van der Waals surface area contributed by atoms with Crippen LogP contribution in [0.3, 0.4) is 0 Å². The van der Waals surface area contributed by atoms with Crippen LogP contribution in [0, 0.1) is 5.92 Å². The normalized spacial score (nSPS) is 32.9. The minimum Gasteiger partial charge on any atom is -0.296 e. The molecule has 1 aromatic heterocycles. The van der Waals surface area contributed by atoms with E-state index in [0.717, 1.165) is 5.92 Å². The van der Waals surface area contributed by atoms with Crippen molar-refractivity contribution >= 4 is 12.4 Å². The molecule has 3 saturated heterocycles. The van der Waals surface area contributed by atoms with Crippen LogP contribution in [0.25, 0.3) is 0 Å². The Bertz CT molecular complexity index is 320. The Morgan fingerprint density at radius 2 is 1.94 bits per heavy atom. The van der Waals surface area contributed by atoms with Crippen LogP contribution >= 0.6 is 12.4 Å². The van der Waals surface area contributed by atoms with Gasteiger partial charge in [-0.25, -0.2) is 0 Å². The lowest BCUT2D eigenvalue weighted by Crippen LogP contribution is -2.33. The van der Waals surface area contributed by atoms with Gasteiger partial charge >= 0.3 is 0 Å². The van der Waals surface area contributed by atoms with Crippen molar-refractivity contribution < 1.29 is 0 Å². The molecule has 1 atom stereocenters. The molecule has 2 bridgehead atoms. The summed E-state index contributed by atoms with van der Waals surface area (Å²) in [5, 5.41) is 0. The Hall–Kier alpha value is -0.600. The second-order valence-corrected chi connectivity index (χ2v) is 4.86. The molecule has 0 aromatic carbocycles.